The lowest BCUT2D eigenvalue weighted by molar-refractivity contribution is -0.186. The van der Waals surface area contributed by atoms with Crippen molar-refractivity contribution in [1.29, 1.82) is 0 Å². The Kier molecular flexibility index (Phi) is 9.37. The predicted molar refractivity (Wildman–Crippen MR) is 132 cm³/mol. The van der Waals surface area contributed by atoms with Crippen molar-refractivity contribution in [2.24, 2.45) is 5.92 Å². The summed E-state index contributed by atoms with van der Waals surface area (Å²) in [6.07, 6.45) is -1.36. The second kappa shape index (κ2) is 12.0. The summed E-state index contributed by atoms with van der Waals surface area (Å²) in [5.74, 6) is -0.685. The highest BCUT2D eigenvalue weighted by atomic mass is 35.5. The Bertz CT molecular complexity index is 977. The van der Waals surface area contributed by atoms with E-state index < -0.39 is 30.3 Å². The molecule has 2 unspecified atom stereocenters. The smallest absolute Gasteiger partial charge is 0.308 e. The Morgan fingerprint density at radius 2 is 1.82 bits per heavy atom. The van der Waals surface area contributed by atoms with Crippen LogP contribution in [0.25, 0.3) is 0 Å². The van der Waals surface area contributed by atoms with Crippen LogP contribution in [-0.2, 0) is 19.1 Å². The summed E-state index contributed by atoms with van der Waals surface area (Å²) < 4.78 is 11.6. The van der Waals surface area contributed by atoms with E-state index in [1.54, 1.807) is 29.2 Å². The van der Waals surface area contributed by atoms with Crippen LogP contribution in [-0.4, -0.2) is 47.2 Å². The zero-order chi connectivity index (χ0) is 24.8. The molecule has 1 aliphatic heterocycles. The molecule has 0 saturated carbocycles. The fourth-order valence-corrected chi connectivity index (χ4v) is 4.45. The Labute approximate surface area is 210 Å². The van der Waals surface area contributed by atoms with Crippen LogP contribution >= 0.6 is 23.2 Å². The van der Waals surface area contributed by atoms with E-state index in [9.17, 15) is 14.7 Å². The average Bonchev–Trinajstić information content (AvgIpc) is 2.81. The van der Waals surface area contributed by atoms with Crippen LogP contribution in [0.5, 0.6) is 0 Å². The van der Waals surface area contributed by atoms with Crippen molar-refractivity contribution in [3.8, 4) is 0 Å². The number of amides is 1. The number of carbonyl (C=O) groups is 2. The monoisotopic (exact) mass is 507 g/mol. The van der Waals surface area contributed by atoms with E-state index in [0.29, 0.717) is 16.5 Å². The molecule has 1 amide bonds. The highest BCUT2D eigenvalue weighted by molar-refractivity contribution is 6.30. The molecule has 0 radical (unpaired) electrons. The molecule has 3 rings (SSSR count). The van der Waals surface area contributed by atoms with Gasteiger partial charge < -0.3 is 19.5 Å². The van der Waals surface area contributed by atoms with Crippen LogP contribution in [0.1, 0.15) is 56.9 Å². The van der Waals surface area contributed by atoms with Crippen molar-refractivity contribution in [2.75, 3.05) is 13.2 Å². The molecule has 0 spiro atoms. The quantitative estimate of drug-likeness (QED) is 0.462. The molecule has 184 valence electrons. The Morgan fingerprint density at radius 3 is 2.41 bits per heavy atom. The number of hydrogen-bond acceptors (Lipinski definition) is 5. The van der Waals surface area contributed by atoms with Gasteiger partial charge in [0.15, 0.2) is 0 Å². The number of halogens is 2. The lowest BCUT2D eigenvalue weighted by Gasteiger charge is -2.47. The zero-order valence-corrected chi connectivity index (χ0v) is 21.1. The number of nitrogens with zero attached hydrogens (tertiary/aromatic N) is 1. The number of hydrogen-bond donors (Lipinski definition) is 1. The van der Waals surface area contributed by atoms with E-state index >= 15 is 0 Å². The summed E-state index contributed by atoms with van der Waals surface area (Å²) in [6, 6.07) is 13.4. The Balaban J connectivity index is 2.06. The number of benzene rings is 2. The van der Waals surface area contributed by atoms with Gasteiger partial charge in [-0.2, -0.15) is 0 Å². The van der Waals surface area contributed by atoms with Gasteiger partial charge in [0.05, 0.1) is 31.7 Å². The van der Waals surface area contributed by atoms with Gasteiger partial charge in [-0.3, -0.25) is 9.59 Å². The summed E-state index contributed by atoms with van der Waals surface area (Å²) in [4.78, 5) is 27.8. The van der Waals surface area contributed by atoms with E-state index in [1.165, 1.54) is 0 Å². The third-order valence-corrected chi connectivity index (χ3v) is 6.31. The molecular formula is C26H31Cl2NO5. The number of carbonyl (C=O) groups excluding carboxylic acids is 2. The molecule has 0 aliphatic carbocycles. The topological polar surface area (TPSA) is 76.1 Å². The molecule has 2 aromatic carbocycles. The van der Waals surface area contributed by atoms with Crippen LogP contribution in [0.15, 0.2) is 48.5 Å². The number of rotatable bonds is 9. The maximum atomic E-state index is 13.7. The standard InChI is InChI=1S/C26H31Cl2NO5/c1-4-21(14-30)29-24(17-8-10-19(27)11-9-17)25(18-6-5-7-20(28)12-18)34-22(26(29)32)13-23(31)33-15-16(2)3/h5-12,16,21-22,24-25,30H,4,13-15H2,1-3H3/t21?,22-,24?,25-/m1/s1. The largest absolute Gasteiger partial charge is 0.465 e. The van der Waals surface area contributed by atoms with Gasteiger partial charge in [-0.25, -0.2) is 0 Å². The molecule has 0 bridgehead atoms. The fourth-order valence-electron chi connectivity index (χ4n) is 4.12. The molecule has 0 aromatic heterocycles. The molecule has 1 heterocycles. The molecule has 1 saturated heterocycles. The zero-order valence-electron chi connectivity index (χ0n) is 19.6. The summed E-state index contributed by atoms with van der Waals surface area (Å²) in [5, 5.41) is 11.2. The fraction of sp³-hybridized carbons (Fsp3) is 0.462. The van der Waals surface area contributed by atoms with Gasteiger partial charge in [-0.05, 0) is 47.7 Å². The van der Waals surface area contributed by atoms with Gasteiger partial charge in [0, 0.05) is 10.0 Å². The Morgan fingerprint density at radius 1 is 1.12 bits per heavy atom. The van der Waals surface area contributed by atoms with Crippen LogP contribution < -0.4 is 0 Å². The van der Waals surface area contributed by atoms with E-state index in [1.807, 2.05) is 45.0 Å². The highest BCUT2D eigenvalue weighted by Crippen LogP contribution is 2.44. The first-order valence-corrected chi connectivity index (χ1v) is 12.3. The van der Waals surface area contributed by atoms with E-state index in [0.717, 1.165) is 11.1 Å². The molecule has 1 N–H and O–H groups in total. The van der Waals surface area contributed by atoms with E-state index in [-0.39, 0.29) is 31.5 Å². The summed E-state index contributed by atoms with van der Waals surface area (Å²) in [7, 11) is 0. The lowest BCUT2D eigenvalue weighted by Crippen LogP contribution is -2.56. The molecule has 2 aromatic rings. The minimum Gasteiger partial charge on any atom is -0.465 e. The molecule has 34 heavy (non-hydrogen) atoms. The lowest BCUT2D eigenvalue weighted by atomic mass is 9.89. The van der Waals surface area contributed by atoms with Gasteiger partial charge in [-0.15, -0.1) is 0 Å². The van der Waals surface area contributed by atoms with Crippen molar-refractivity contribution in [3.63, 3.8) is 0 Å². The molecule has 1 fully saturated rings. The highest BCUT2D eigenvalue weighted by Gasteiger charge is 2.47. The SMILES string of the molecule is CCC(CO)N1C(=O)[C@@H](CC(=O)OCC(C)C)O[C@H](c2cccc(Cl)c2)C1c1ccc(Cl)cc1. The summed E-state index contributed by atoms with van der Waals surface area (Å²) >= 11 is 12.4. The number of ether oxygens (including phenoxy) is 2. The molecule has 8 heteroatoms. The van der Waals surface area contributed by atoms with Gasteiger partial charge in [-0.1, -0.05) is 68.2 Å². The number of esters is 1. The minimum atomic E-state index is -1.05. The van der Waals surface area contributed by atoms with Gasteiger partial charge in [0.2, 0.25) is 0 Å². The van der Waals surface area contributed by atoms with Gasteiger partial charge in [0.1, 0.15) is 12.2 Å². The van der Waals surface area contributed by atoms with Crippen LogP contribution in [0, 0.1) is 5.92 Å². The number of aliphatic hydroxyl groups is 1. The van der Waals surface area contributed by atoms with Crippen LogP contribution in [0.4, 0.5) is 0 Å². The molecular weight excluding hydrogens is 477 g/mol. The molecule has 6 nitrogen and oxygen atoms in total. The minimum absolute atomic E-state index is 0.177. The Hall–Kier alpha value is -2.12. The van der Waals surface area contributed by atoms with Crippen LogP contribution in [0.2, 0.25) is 10.0 Å². The van der Waals surface area contributed by atoms with Crippen molar-refractivity contribution < 1.29 is 24.2 Å². The second-order valence-corrected chi connectivity index (χ2v) is 9.74. The number of aliphatic hydroxyl groups excluding tert-OH is 1. The summed E-state index contributed by atoms with van der Waals surface area (Å²) in [6.45, 7) is 5.83. The molecule has 1 aliphatic rings. The van der Waals surface area contributed by atoms with Crippen molar-refractivity contribution >= 4 is 35.1 Å². The third-order valence-electron chi connectivity index (χ3n) is 5.82. The van der Waals surface area contributed by atoms with Gasteiger partial charge >= 0.3 is 5.97 Å². The second-order valence-electron chi connectivity index (χ2n) is 8.87. The van der Waals surface area contributed by atoms with E-state index in [4.69, 9.17) is 32.7 Å². The summed E-state index contributed by atoms with van der Waals surface area (Å²) in [5.41, 5.74) is 1.56. The maximum absolute atomic E-state index is 13.7. The van der Waals surface area contributed by atoms with Crippen molar-refractivity contribution in [1.82, 2.24) is 4.90 Å². The van der Waals surface area contributed by atoms with Gasteiger partial charge in [0.25, 0.3) is 5.91 Å². The average molecular weight is 508 g/mol. The predicted octanol–water partition coefficient (Wildman–Crippen LogP) is 5.36. The maximum Gasteiger partial charge on any atom is 0.308 e. The van der Waals surface area contributed by atoms with Crippen molar-refractivity contribution in [3.05, 3.63) is 69.7 Å². The first-order valence-electron chi connectivity index (χ1n) is 11.5. The first kappa shape index (κ1) is 26.5. The first-order chi connectivity index (χ1) is 16.2. The number of morpholine rings is 1. The third kappa shape index (κ3) is 6.30. The van der Waals surface area contributed by atoms with Crippen molar-refractivity contribution in [2.45, 2.75) is 57.9 Å². The molecule has 4 atom stereocenters. The van der Waals surface area contributed by atoms with Crippen LogP contribution in [0.3, 0.4) is 0 Å². The normalized spacial score (nSPS) is 21.6. The van der Waals surface area contributed by atoms with E-state index in [2.05, 4.69) is 0 Å².